The zero-order valence-electron chi connectivity index (χ0n) is 16.5. The maximum Gasteiger partial charge on any atom is 0.416 e. The third kappa shape index (κ3) is 6.30. The molecule has 0 aromatic heterocycles. The van der Waals surface area contributed by atoms with E-state index in [4.69, 9.17) is 0 Å². The summed E-state index contributed by atoms with van der Waals surface area (Å²) in [6, 6.07) is 15.2. The van der Waals surface area contributed by atoms with E-state index < -0.39 is 11.7 Å². The zero-order chi connectivity index (χ0) is 20.9. The Balaban J connectivity index is 1.44. The van der Waals surface area contributed by atoms with Crippen molar-refractivity contribution in [3.8, 4) is 0 Å². The summed E-state index contributed by atoms with van der Waals surface area (Å²) in [5.74, 6) is -0.0207. The molecule has 0 saturated carbocycles. The number of hydrogen-bond acceptors (Lipinski definition) is 3. The Morgan fingerprint density at radius 3 is 2.31 bits per heavy atom. The zero-order valence-corrected chi connectivity index (χ0v) is 16.5. The number of nitrogens with zero attached hydrogens (tertiary/aromatic N) is 2. The molecule has 29 heavy (non-hydrogen) atoms. The third-order valence-electron chi connectivity index (χ3n) is 5.17. The number of benzene rings is 2. The highest BCUT2D eigenvalue weighted by Crippen LogP contribution is 2.29. The highest BCUT2D eigenvalue weighted by atomic mass is 19.4. The summed E-state index contributed by atoms with van der Waals surface area (Å²) in [6.45, 7) is 5.64. The van der Waals surface area contributed by atoms with Crippen molar-refractivity contribution in [2.75, 3.05) is 32.7 Å². The minimum atomic E-state index is -4.32. The van der Waals surface area contributed by atoms with Gasteiger partial charge in [0.15, 0.2) is 0 Å². The molecule has 156 valence electrons. The first-order valence-corrected chi connectivity index (χ1v) is 9.76. The van der Waals surface area contributed by atoms with Gasteiger partial charge in [-0.15, -0.1) is 0 Å². The lowest BCUT2D eigenvalue weighted by Gasteiger charge is -2.34. The predicted octanol–water partition coefficient (Wildman–Crippen LogP) is 3.70. The van der Waals surface area contributed by atoms with Crippen LogP contribution in [0.4, 0.5) is 13.2 Å². The normalized spacial score (nSPS) is 17.1. The van der Waals surface area contributed by atoms with E-state index in [0.29, 0.717) is 31.7 Å². The van der Waals surface area contributed by atoms with Crippen LogP contribution in [0.15, 0.2) is 54.6 Å². The number of hydrogen-bond donors (Lipinski definition) is 1. The second-order valence-corrected chi connectivity index (χ2v) is 7.45. The molecule has 0 aliphatic carbocycles. The second-order valence-electron chi connectivity index (χ2n) is 7.45. The molecular weight excluding hydrogens is 379 g/mol. The maximum absolute atomic E-state index is 12.9. The minimum Gasteiger partial charge on any atom is -0.348 e. The average Bonchev–Trinajstić information content (AvgIpc) is 2.69. The Bertz CT molecular complexity index is 802. The molecule has 1 fully saturated rings. The van der Waals surface area contributed by atoms with E-state index >= 15 is 0 Å². The SMILES string of the molecule is C[C@H](NC(=O)CN1CCN(Cc2cccc(C(F)(F)F)c2)CC1)c1ccccc1. The number of rotatable bonds is 6. The van der Waals surface area contributed by atoms with Gasteiger partial charge in [-0.05, 0) is 24.1 Å². The van der Waals surface area contributed by atoms with E-state index in [-0.39, 0.29) is 11.9 Å². The first-order valence-electron chi connectivity index (χ1n) is 9.76. The molecule has 1 amide bonds. The minimum absolute atomic E-state index is 0.0207. The molecule has 7 heteroatoms. The van der Waals surface area contributed by atoms with Gasteiger partial charge in [-0.1, -0.05) is 48.5 Å². The van der Waals surface area contributed by atoms with Crippen molar-refractivity contribution < 1.29 is 18.0 Å². The Labute approximate surface area is 169 Å². The van der Waals surface area contributed by atoms with E-state index in [1.54, 1.807) is 6.07 Å². The molecule has 1 aliphatic heterocycles. The van der Waals surface area contributed by atoms with Crippen molar-refractivity contribution in [2.45, 2.75) is 25.7 Å². The van der Waals surface area contributed by atoms with Gasteiger partial charge in [0.25, 0.3) is 0 Å². The lowest BCUT2D eigenvalue weighted by molar-refractivity contribution is -0.137. The van der Waals surface area contributed by atoms with Crippen LogP contribution in [0.3, 0.4) is 0 Å². The molecule has 4 nitrogen and oxygen atoms in total. The molecule has 3 rings (SSSR count). The van der Waals surface area contributed by atoms with Crippen LogP contribution < -0.4 is 5.32 Å². The molecule has 0 radical (unpaired) electrons. The van der Waals surface area contributed by atoms with Crippen LogP contribution in [-0.4, -0.2) is 48.4 Å². The fourth-order valence-corrected chi connectivity index (χ4v) is 3.52. The van der Waals surface area contributed by atoms with Crippen LogP contribution in [0.1, 0.15) is 29.7 Å². The molecule has 1 N–H and O–H groups in total. The summed E-state index contributed by atoms with van der Waals surface area (Å²) >= 11 is 0. The van der Waals surface area contributed by atoms with Gasteiger partial charge in [0.05, 0.1) is 18.2 Å². The lowest BCUT2D eigenvalue weighted by Crippen LogP contribution is -2.49. The molecule has 1 aliphatic rings. The summed E-state index contributed by atoms with van der Waals surface area (Å²) in [5, 5.41) is 3.01. The lowest BCUT2D eigenvalue weighted by atomic mass is 10.1. The molecule has 2 aromatic rings. The highest BCUT2D eigenvalue weighted by molar-refractivity contribution is 5.78. The molecule has 0 unspecified atom stereocenters. The van der Waals surface area contributed by atoms with Crippen molar-refractivity contribution in [3.63, 3.8) is 0 Å². The Kier molecular flexibility index (Phi) is 6.92. The monoisotopic (exact) mass is 405 g/mol. The van der Waals surface area contributed by atoms with E-state index in [9.17, 15) is 18.0 Å². The van der Waals surface area contributed by atoms with Gasteiger partial charge in [-0.25, -0.2) is 0 Å². The van der Waals surface area contributed by atoms with Crippen LogP contribution in [-0.2, 0) is 17.5 Å². The van der Waals surface area contributed by atoms with Crippen LogP contribution in [0, 0.1) is 0 Å². The summed E-state index contributed by atoms with van der Waals surface area (Å²) in [6.07, 6.45) is -4.32. The first-order chi connectivity index (χ1) is 13.8. The van der Waals surface area contributed by atoms with E-state index in [1.165, 1.54) is 12.1 Å². The van der Waals surface area contributed by atoms with Gasteiger partial charge in [-0.3, -0.25) is 14.6 Å². The first kappa shape index (κ1) is 21.3. The Morgan fingerprint density at radius 2 is 1.66 bits per heavy atom. The molecular formula is C22H26F3N3O. The Hall–Kier alpha value is -2.38. The Morgan fingerprint density at radius 1 is 1.00 bits per heavy atom. The van der Waals surface area contributed by atoms with E-state index in [2.05, 4.69) is 15.1 Å². The van der Waals surface area contributed by atoms with Gasteiger partial charge < -0.3 is 5.32 Å². The van der Waals surface area contributed by atoms with Gasteiger partial charge in [0.1, 0.15) is 0 Å². The number of amides is 1. The molecule has 0 spiro atoms. The van der Waals surface area contributed by atoms with Crippen LogP contribution >= 0.6 is 0 Å². The van der Waals surface area contributed by atoms with Gasteiger partial charge in [0.2, 0.25) is 5.91 Å². The quantitative estimate of drug-likeness (QED) is 0.796. The van der Waals surface area contributed by atoms with Crippen molar-refractivity contribution in [3.05, 3.63) is 71.3 Å². The maximum atomic E-state index is 12.9. The van der Waals surface area contributed by atoms with Crippen LogP contribution in [0.2, 0.25) is 0 Å². The van der Waals surface area contributed by atoms with Crippen molar-refractivity contribution in [2.24, 2.45) is 0 Å². The smallest absolute Gasteiger partial charge is 0.348 e. The van der Waals surface area contributed by atoms with Crippen molar-refractivity contribution in [1.29, 1.82) is 0 Å². The number of carbonyl (C=O) groups is 1. The third-order valence-corrected chi connectivity index (χ3v) is 5.17. The highest BCUT2D eigenvalue weighted by Gasteiger charge is 2.30. The average molecular weight is 405 g/mol. The molecule has 0 bridgehead atoms. The second kappa shape index (κ2) is 9.41. The summed E-state index contributed by atoms with van der Waals surface area (Å²) in [4.78, 5) is 16.5. The number of halogens is 3. The van der Waals surface area contributed by atoms with Gasteiger partial charge in [-0.2, -0.15) is 13.2 Å². The fraction of sp³-hybridized carbons (Fsp3) is 0.409. The van der Waals surface area contributed by atoms with Crippen molar-refractivity contribution >= 4 is 5.91 Å². The largest absolute Gasteiger partial charge is 0.416 e. The number of alkyl halides is 3. The van der Waals surface area contributed by atoms with Crippen LogP contribution in [0.5, 0.6) is 0 Å². The number of piperazine rings is 1. The summed E-state index contributed by atoms with van der Waals surface area (Å²) in [5.41, 5.74) is 1.10. The summed E-state index contributed by atoms with van der Waals surface area (Å²) < 4.78 is 38.6. The fourth-order valence-electron chi connectivity index (χ4n) is 3.52. The van der Waals surface area contributed by atoms with E-state index in [0.717, 1.165) is 24.7 Å². The number of carbonyl (C=O) groups excluding carboxylic acids is 1. The molecule has 2 aromatic carbocycles. The molecule has 1 atom stereocenters. The molecule has 1 heterocycles. The topological polar surface area (TPSA) is 35.6 Å². The summed E-state index contributed by atoms with van der Waals surface area (Å²) in [7, 11) is 0. The van der Waals surface area contributed by atoms with Crippen molar-refractivity contribution in [1.82, 2.24) is 15.1 Å². The van der Waals surface area contributed by atoms with E-state index in [1.807, 2.05) is 37.3 Å². The van der Waals surface area contributed by atoms with Crippen LogP contribution in [0.25, 0.3) is 0 Å². The standard InChI is InChI=1S/C22H26F3N3O/c1-17(19-7-3-2-4-8-19)26-21(29)16-28-12-10-27(11-13-28)15-18-6-5-9-20(14-18)22(23,24)25/h2-9,14,17H,10-13,15-16H2,1H3,(H,26,29)/t17-/m0/s1. The van der Waals surface area contributed by atoms with Gasteiger partial charge in [0, 0.05) is 32.7 Å². The predicted molar refractivity (Wildman–Crippen MR) is 106 cm³/mol. The number of nitrogens with one attached hydrogen (secondary N) is 1. The molecule has 1 saturated heterocycles. The van der Waals surface area contributed by atoms with Gasteiger partial charge >= 0.3 is 6.18 Å².